The van der Waals surface area contributed by atoms with E-state index in [4.69, 9.17) is 10.5 Å². The van der Waals surface area contributed by atoms with E-state index in [9.17, 15) is 8.78 Å². The number of ether oxygens (including phenoxy) is 1. The van der Waals surface area contributed by atoms with Gasteiger partial charge in [-0.15, -0.1) is 0 Å². The minimum atomic E-state index is -0.607. The highest BCUT2D eigenvalue weighted by Crippen LogP contribution is 2.33. The zero-order valence-electron chi connectivity index (χ0n) is 12.5. The van der Waals surface area contributed by atoms with Crippen LogP contribution in [0.2, 0.25) is 0 Å². The standard InChI is InChI=1S/C16H18F2N4O/c17-10-1-2-13(18)12(3-10)16-14(19)4-11(8-23-16)22-6-9-5-20-21-15(9)7-22/h1-3,5,11,14,16H,4,6-8,19H2,(H,20,21)/t11-,14+,16-/m0/s1. The van der Waals surface area contributed by atoms with E-state index >= 15 is 0 Å². The molecule has 5 nitrogen and oxygen atoms in total. The third-order valence-corrected chi connectivity index (χ3v) is 4.72. The SMILES string of the molecule is N[C@@H]1C[C@H](N2Cc3cn[nH]c3C2)CO[C@H]1c1cc(F)ccc1F. The Morgan fingerprint density at radius 1 is 1.30 bits per heavy atom. The monoisotopic (exact) mass is 320 g/mol. The summed E-state index contributed by atoms with van der Waals surface area (Å²) in [6, 6.07) is 3.18. The van der Waals surface area contributed by atoms with Gasteiger partial charge in [0, 0.05) is 36.3 Å². The maximum Gasteiger partial charge on any atom is 0.129 e. The van der Waals surface area contributed by atoms with Gasteiger partial charge in [-0.1, -0.05) is 0 Å². The molecule has 3 atom stereocenters. The van der Waals surface area contributed by atoms with Crippen LogP contribution in [0.15, 0.2) is 24.4 Å². The average Bonchev–Trinajstić information content (AvgIpc) is 3.11. The molecule has 1 fully saturated rings. The van der Waals surface area contributed by atoms with Crippen molar-refractivity contribution in [2.75, 3.05) is 6.61 Å². The summed E-state index contributed by atoms with van der Waals surface area (Å²) in [5, 5.41) is 7.01. The quantitative estimate of drug-likeness (QED) is 0.886. The molecule has 3 N–H and O–H groups in total. The van der Waals surface area contributed by atoms with E-state index in [-0.39, 0.29) is 17.6 Å². The summed E-state index contributed by atoms with van der Waals surface area (Å²) in [7, 11) is 0. The molecule has 0 amide bonds. The fourth-order valence-electron chi connectivity index (χ4n) is 3.50. The predicted molar refractivity (Wildman–Crippen MR) is 79.3 cm³/mol. The van der Waals surface area contributed by atoms with Crippen molar-refractivity contribution in [3.8, 4) is 0 Å². The second-order valence-corrected chi connectivity index (χ2v) is 6.25. The molecule has 0 saturated carbocycles. The highest BCUT2D eigenvalue weighted by atomic mass is 19.1. The number of H-pyrrole nitrogens is 1. The van der Waals surface area contributed by atoms with Crippen LogP contribution in [0, 0.1) is 11.6 Å². The van der Waals surface area contributed by atoms with Gasteiger partial charge in [-0.2, -0.15) is 5.10 Å². The number of rotatable bonds is 2. The van der Waals surface area contributed by atoms with Crippen molar-refractivity contribution in [1.82, 2.24) is 15.1 Å². The lowest BCUT2D eigenvalue weighted by atomic mass is 9.93. The van der Waals surface area contributed by atoms with Crippen LogP contribution in [-0.4, -0.2) is 33.8 Å². The number of nitrogens with one attached hydrogen (secondary N) is 1. The maximum absolute atomic E-state index is 13.9. The van der Waals surface area contributed by atoms with Gasteiger partial charge in [-0.05, 0) is 24.6 Å². The lowest BCUT2D eigenvalue weighted by Crippen LogP contribution is -2.47. The van der Waals surface area contributed by atoms with Gasteiger partial charge in [-0.25, -0.2) is 8.78 Å². The number of aromatic amines is 1. The van der Waals surface area contributed by atoms with Crippen molar-refractivity contribution >= 4 is 0 Å². The molecular formula is C16H18F2N4O. The van der Waals surface area contributed by atoms with Crippen molar-refractivity contribution < 1.29 is 13.5 Å². The number of hydrogen-bond acceptors (Lipinski definition) is 4. The second-order valence-electron chi connectivity index (χ2n) is 6.25. The van der Waals surface area contributed by atoms with Crippen molar-refractivity contribution in [2.24, 2.45) is 5.73 Å². The third-order valence-electron chi connectivity index (χ3n) is 4.72. The number of benzene rings is 1. The molecule has 23 heavy (non-hydrogen) atoms. The van der Waals surface area contributed by atoms with Gasteiger partial charge in [0.1, 0.15) is 17.7 Å². The molecule has 0 radical (unpaired) electrons. The Labute approximate surface area is 132 Å². The molecule has 1 aromatic heterocycles. The molecule has 0 aliphatic carbocycles. The van der Waals surface area contributed by atoms with Crippen molar-refractivity contribution in [2.45, 2.75) is 37.7 Å². The molecule has 0 unspecified atom stereocenters. The molecule has 0 bridgehead atoms. The molecule has 1 aromatic carbocycles. The van der Waals surface area contributed by atoms with Gasteiger partial charge in [-0.3, -0.25) is 10.00 Å². The average molecular weight is 320 g/mol. The first kappa shape index (κ1) is 14.7. The number of nitrogens with zero attached hydrogens (tertiary/aromatic N) is 2. The lowest BCUT2D eigenvalue weighted by Gasteiger charge is -2.38. The van der Waals surface area contributed by atoms with Crippen LogP contribution in [0.25, 0.3) is 0 Å². The normalized spacial score (nSPS) is 28.0. The number of hydrogen-bond donors (Lipinski definition) is 2. The minimum Gasteiger partial charge on any atom is -0.370 e. The molecule has 2 aromatic rings. The van der Waals surface area contributed by atoms with Gasteiger partial charge < -0.3 is 10.5 Å². The fourth-order valence-corrected chi connectivity index (χ4v) is 3.50. The van der Waals surface area contributed by atoms with E-state index in [1.807, 2.05) is 6.20 Å². The topological polar surface area (TPSA) is 67.2 Å². The number of fused-ring (bicyclic) bond motifs is 1. The van der Waals surface area contributed by atoms with Crippen LogP contribution in [0.4, 0.5) is 8.78 Å². The van der Waals surface area contributed by atoms with Crippen LogP contribution in [0.1, 0.15) is 29.3 Å². The molecule has 2 aliphatic rings. The largest absolute Gasteiger partial charge is 0.370 e. The molecule has 4 rings (SSSR count). The molecular weight excluding hydrogens is 302 g/mol. The van der Waals surface area contributed by atoms with Gasteiger partial charge in [0.05, 0.1) is 18.5 Å². The van der Waals surface area contributed by atoms with E-state index in [1.165, 1.54) is 11.6 Å². The number of aromatic nitrogens is 2. The minimum absolute atomic E-state index is 0.165. The van der Waals surface area contributed by atoms with Crippen molar-refractivity contribution in [3.63, 3.8) is 0 Å². The highest BCUT2D eigenvalue weighted by molar-refractivity contribution is 5.24. The van der Waals surface area contributed by atoms with Crippen LogP contribution < -0.4 is 5.73 Å². The number of halogens is 2. The van der Waals surface area contributed by atoms with Crippen molar-refractivity contribution in [3.05, 3.63) is 52.9 Å². The second kappa shape index (κ2) is 5.67. The molecule has 3 heterocycles. The lowest BCUT2D eigenvalue weighted by molar-refractivity contribution is -0.0533. The summed E-state index contributed by atoms with van der Waals surface area (Å²) in [5.41, 5.74) is 8.72. The zero-order chi connectivity index (χ0) is 16.0. The summed E-state index contributed by atoms with van der Waals surface area (Å²) >= 11 is 0. The van der Waals surface area contributed by atoms with Crippen LogP contribution in [0.5, 0.6) is 0 Å². The van der Waals surface area contributed by atoms with E-state index in [0.29, 0.717) is 13.0 Å². The van der Waals surface area contributed by atoms with Crippen LogP contribution in [-0.2, 0) is 17.8 Å². The Morgan fingerprint density at radius 3 is 2.96 bits per heavy atom. The Bertz CT molecular complexity index is 699. The molecule has 0 spiro atoms. The predicted octanol–water partition coefficient (Wildman–Crippen LogP) is 1.86. The summed E-state index contributed by atoms with van der Waals surface area (Å²) < 4.78 is 33.1. The summed E-state index contributed by atoms with van der Waals surface area (Å²) in [4.78, 5) is 2.28. The van der Waals surface area contributed by atoms with Crippen LogP contribution >= 0.6 is 0 Å². The van der Waals surface area contributed by atoms with Gasteiger partial charge in [0.25, 0.3) is 0 Å². The Morgan fingerprint density at radius 2 is 2.17 bits per heavy atom. The molecule has 2 aliphatic heterocycles. The summed E-state index contributed by atoms with van der Waals surface area (Å²) in [6.45, 7) is 2.05. The van der Waals surface area contributed by atoms with E-state index in [0.717, 1.165) is 30.9 Å². The highest BCUT2D eigenvalue weighted by Gasteiger charge is 2.36. The smallest absolute Gasteiger partial charge is 0.129 e. The van der Waals surface area contributed by atoms with E-state index < -0.39 is 17.7 Å². The molecule has 1 saturated heterocycles. The zero-order valence-corrected chi connectivity index (χ0v) is 12.5. The summed E-state index contributed by atoms with van der Waals surface area (Å²) in [5.74, 6) is -0.961. The van der Waals surface area contributed by atoms with E-state index in [1.54, 1.807) is 0 Å². The Kier molecular flexibility index (Phi) is 3.63. The third kappa shape index (κ3) is 2.65. The Balaban J connectivity index is 1.46. The summed E-state index contributed by atoms with van der Waals surface area (Å²) in [6.07, 6.45) is 1.91. The first-order valence-electron chi connectivity index (χ1n) is 7.69. The fraction of sp³-hybridized carbons (Fsp3) is 0.438. The van der Waals surface area contributed by atoms with Gasteiger partial charge in [0.15, 0.2) is 0 Å². The van der Waals surface area contributed by atoms with Gasteiger partial charge in [0.2, 0.25) is 0 Å². The van der Waals surface area contributed by atoms with Crippen molar-refractivity contribution in [1.29, 1.82) is 0 Å². The Hall–Kier alpha value is -1.83. The van der Waals surface area contributed by atoms with Gasteiger partial charge >= 0.3 is 0 Å². The molecule has 122 valence electrons. The number of nitrogens with two attached hydrogens (primary N) is 1. The first-order valence-corrected chi connectivity index (χ1v) is 7.69. The van der Waals surface area contributed by atoms with E-state index in [2.05, 4.69) is 15.1 Å². The molecule has 7 heteroatoms. The first-order chi connectivity index (χ1) is 11.1. The maximum atomic E-state index is 13.9. The van der Waals surface area contributed by atoms with Crippen LogP contribution in [0.3, 0.4) is 0 Å².